The molecule has 0 heteroatoms. The van der Waals surface area contributed by atoms with Crippen molar-refractivity contribution in [2.75, 3.05) is 0 Å². The van der Waals surface area contributed by atoms with Gasteiger partial charge in [0.1, 0.15) is 0 Å². The Bertz CT molecular complexity index is 1480. The highest BCUT2D eigenvalue weighted by molar-refractivity contribution is 5.92. The van der Waals surface area contributed by atoms with Crippen LogP contribution in [-0.2, 0) is 0 Å². The largest absolute Gasteiger partial charge is 0.0727 e. The lowest BCUT2D eigenvalue weighted by molar-refractivity contribution is 0.665. The summed E-state index contributed by atoms with van der Waals surface area (Å²) >= 11 is 0. The van der Waals surface area contributed by atoms with Crippen LogP contribution in [0, 0.1) is 24.7 Å². The fourth-order valence-corrected chi connectivity index (χ4v) is 5.91. The normalized spacial score (nSPS) is 24.9. The molecule has 4 aromatic carbocycles. The molecule has 0 saturated heterocycles. The Kier molecular flexibility index (Phi) is 3.69. The summed E-state index contributed by atoms with van der Waals surface area (Å²) in [7, 11) is 0. The van der Waals surface area contributed by atoms with Crippen LogP contribution in [0.25, 0.3) is 32.7 Å². The van der Waals surface area contributed by atoms with Crippen LogP contribution >= 0.6 is 0 Å². The van der Waals surface area contributed by atoms with E-state index in [9.17, 15) is 0 Å². The summed E-state index contributed by atoms with van der Waals surface area (Å²) in [5.41, 5.74) is 8.20. The molecule has 0 radical (unpaired) electrons. The van der Waals surface area contributed by atoms with Crippen LogP contribution in [0.1, 0.15) is 28.7 Å². The molecule has 1 fully saturated rings. The van der Waals surface area contributed by atoms with Crippen LogP contribution in [0.4, 0.5) is 0 Å². The molecule has 0 bridgehead atoms. The minimum absolute atomic E-state index is 0.136. The first-order chi connectivity index (χ1) is 16.0. The summed E-state index contributed by atoms with van der Waals surface area (Å²) in [6.45, 7) is 4.31. The van der Waals surface area contributed by atoms with Crippen LogP contribution in [-0.4, -0.2) is 0 Å². The predicted octanol–water partition coefficient (Wildman–Crippen LogP) is 8.59. The first-order valence-electron chi connectivity index (χ1n) is 11.9. The van der Waals surface area contributed by atoms with Crippen molar-refractivity contribution in [1.82, 2.24) is 0 Å². The average Bonchev–Trinajstić information content (AvgIpc) is 3.52. The Morgan fingerprint density at radius 3 is 1.42 bits per heavy atom. The molecule has 1 saturated carbocycles. The summed E-state index contributed by atoms with van der Waals surface area (Å²) in [6.07, 6.45) is 15.8. The Balaban J connectivity index is 1.23. The molecule has 33 heavy (non-hydrogen) atoms. The molecule has 158 valence electrons. The maximum atomic E-state index is 2.51. The zero-order valence-electron chi connectivity index (χ0n) is 19.1. The van der Waals surface area contributed by atoms with E-state index in [-0.39, 0.29) is 10.8 Å². The number of hydrogen-bond acceptors (Lipinski definition) is 0. The van der Waals surface area contributed by atoms with Gasteiger partial charge in [0.05, 0.1) is 0 Å². The van der Waals surface area contributed by atoms with Gasteiger partial charge in [0.15, 0.2) is 0 Å². The van der Waals surface area contributed by atoms with E-state index >= 15 is 0 Å². The van der Waals surface area contributed by atoms with E-state index < -0.39 is 0 Å². The lowest BCUT2D eigenvalue weighted by Crippen LogP contribution is -2.13. The second-order valence-corrected chi connectivity index (χ2v) is 10.3. The van der Waals surface area contributed by atoms with Gasteiger partial charge in [-0.25, -0.2) is 0 Å². The number of benzene rings is 4. The van der Waals surface area contributed by atoms with Crippen molar-refractivity contribution in [1.29, 1.82) is 0 Å². The molecule has 7 rings (SSSR count). The minimum Gasteiger partial charge on any atom is -0.0727 e. The second-order valence-electron chi connectivity index (χ2n) is 10.3. The Labute approximate surface area is 195 Å². The van der Waals surface area contributed by atoms with Crippen LogP contribution in [0.15, 0.2) is 109 Å². The standard InChI is InChI=1S/C33H26/c1-22-3-5-26-17-28(9-7-24(26)15-22)30-11-13-33-20-31(12-14-32(33,19-30)21-33)29-10-8-25-16-23(2)4-6-27(25)18-29/h3-20H,21H2,1-2H3. The van der Waals surface area contributed by atoms with Crippen LogP contribution < -0.4 is 0 Å². The molecular formula is C33H26. The van der Waals surface area contributed by atoms with Crippen molar-refractivity contribution >= 4 is 32.7 Å². The van der Waals surface area contributed by atoms with Crippen LogP contribution in [0.2, 0.25) is 0 Å². The smallest absolute Gasteiger partial charge is 0.0212 e. The highest BCUT2D eigenvalue weighted by Gasteiger charge is 2.63. The molecule has 0 aliphatic heterocycles. The molecular weight excluding hydrogens is 396 g/mol. The topological polar surface area (TPSA) is 0 Å². The number of fused-ring (bicyclic) bond motifs is 2. The molecule has 2 atom stereocenters. The lowest BCUT2D eigenvalue weighted by atomic mass is 9.79. The van der Waals surface area contributed by atoms with Crippen molar-refractivity contribution in [3.05, 3.63) is 132 Å². The summed E-state index contributed by atoms with van der Waals surface area (Å²) in [4.78, 5) is 0. The molecule has 0 nitrogen and oxygen atoms in total. The van der Waals surface area contributed by atoms with Crippen LogP contribution in [0.5, 0.6) is 0 Å². The molecule has 0 heterocycles. The fraction of sp³-hybridized carbons (Fsp3) is 0.152. The highest BCUT2D eigenvalue weighted by Crippen LogP contribution is 2.72. The molecule has 0 spiro atoms. The van der Waals surface area contributed by atoms with E-state index in [4.69, 9.17) is 0 Å². The first-order valence-corrected chi connectivity index (χ1v) is 11.9. The van der Waals surface area contributed by atoms with Crippen molar-refractivity contribution in [3.8, 4) is 0 Å². The minimum atomic E-state index is 0.136. The van der Waals surface area contributed by atoms with Gasteiger partial charge in [0, 0.05) is 10.8 Å². The van der Waals surface area contributed by atoms with Gasteiger partial charge in [-0.05, 0) is 76.2 Å². The predicted molar refractivity (Wildman–Crippen MR) is 141 cm³/mol. The Morgan fingerprint density at radius 1 is 0.515 bits per heavy atom. The summed E-state index contributed by atoms with van der Waals surface area (Å²) < 4.78 is 0. The van der Waals surface area contributed by atoms with Gasteiger partial charge >= 0.3 is 0 Å². The van der Waals surface area contributed by atoms with Gasteiger partial charge in [-0.15, -0.1) is 0 Å². The molecule has 3 aliphatic carbocycles. The van der Waals surface area contributed by atoms with Crippen molar-refractivity contribution in [2.45, 2.75) is 20.3 Å². The first kappa shape index (κ1) is 18.9. The van der Waals surface area contributed by atoms with Crippen molar-refractivity contribution in [3.63, 3.8) is 0 Å². The Hall–Kier alpha value is -3.64. The monoisotopic (exact) mass is 422 g/mol. The highest BCUT2D eigenvalue weighted by atomic mass is 14.7. The van der Waals surface area contributed by atoms with Crippen LogP contribution in [0.3, 0.4) is 0 Å². The molecule has 0 N–H and O–H groups in total. The van der Waals surface area contributed by atoms with E-state index in [2.05, 4.69) is 123 Å². The Morgan fingerprint density at radius 2 is 0.939 bits per heavy atom. The molecule has 4 aromatic rings. The zero-order chi connectivity index (χ0) is 22.2. The average molecular weight is 423 g/mol. The third-order valence-electron chi connectivity index (χ3n) is 7.93. The van der Waals surface area contributed by atoms with Crippen molar-refractivity contribution in [2.24, 2.45) is 10.8 Å². The van der Waals surface area contributed by atoms with Gasteiger partial charge in [-0.2, -0.15) is 0 Å². The summed E-state index contributed by atoms with van der Waals surface area (Å²) in [5, 5.41) is 5.25. The zero-order valence-corrected chi connectivity index (χ0v) is 19.1. The van der Waals surface area contributed by atoms with Gasteiger partial charge in [-0.1, -0.05) is 108 Å². The molecule has 0 amide bonds. The SMILES string of the molecule is Cc1ccc2cc(C3=CC45C=CC(c6ccc7cc(C)ccc7c6)=CC4(C=C3)C5)ccc2c1. The van der Waals surface area contributed by atoms with Gasteiger partial charge < -0.3 is 0 Å². The summed E-state index contributed by atoms with van der Waals surface area (Å²) in [5.74, 6) is 0. The molecule has 0 aromatic heterocycles. The number of allylic oxidation sites excluding steroid dienone is 8. The lowest BCUT2D eigenvalue weighted by Gasteiger charge is -2.25. The third-order valence-corrected chi connectivity index (χ3v) is 7.93. The maximum absolute atomic E-state index is 2.51. The van der Waals surface area contributed by atoms with E-state index in [0.29, 0.717) is 0 Å². The van der Waals surface area contributed by atoms with E-state index in [1.165, 1.54) is 61.4 Å². The van der Waals surface area contributed by atoms with Crippen molar-refractivity contribution < 1.29 is 0 Å². The van der Waals surface area contributed by atoms with E-state index in [1.54, 1.807) is 0 Å². The second kappa shape index (κ2) is 6.45. The molecule has 3 aliphatic rings. The quantitative estimate of drug-likeness (QED) is 0.303. The number of hydrogen-bond donors (Lipinski definition) is 0. The molecule has 2 unspecified atom stereocenters. The van der Waals surface area contributed by atoms with Gasteiger partial charge in [0.25, 0.3) is 0 Å². The fourth-order valence-electron chi connectivity index (χ4n) is 5.91. The van der Waals surface area contributed by atoms with E-state index in [0.717, 1.165) is 0 Å². The number of rotatable bonds is 2. The van der Waals surface area contributed by atoms with Gasteiger partial charge in [0.2, 0.25) is 0 Å². The summed E-state index contributed by atoms with van der Waals surface area (Å²) in [6, 6.07) is 27.1. The third kappa shape index (κ3) is 2.84. The van der Waals surface area contributed by atoms with Gasteiger partial charge in [-0.3, -0.25) is 0 Å². The van der Waals surface area contributed by atoms with E-state index in [1.807, 2.05) is 0 Å². The number of aryl methyl sites for hydroxylation is 2. The maximum Gasteiger partial charge on any atom is 0.0212 e.